The van der Waals surface area contributed by atoms with Crippen molar-refractivity contribution in [3.8, 4) is 0 Å². The molecule has 0 aromatic heterocycles. The number of nitroso groups, excluding NO2 is 1. The number of hydrogen-bond acceptors (Lipinski definition) is 7. The summed E-state index contributed by atoms with van der Waals surface area (Å²) in [5.41, 5.74) is -0.735. The molecule has 0 fully saturated rings. The van der Waals surface area contributed by atoms with Crippen LogP contribution < -0.4 is 0 Å². The molecular weight excluding hydrogens is 206 g/mol. The lowest BCUT2D eigenvalue weighted by atomic mass is 10.2. The number of esters is 2. The normalized spacial score (nSPS) is 11.3. The molecule has 0 spiro atoms. The van der Waals surface area contributed by atoms with Gasteiger partial charge in [-0.1, -0.05) is 0 Å². The van der Waals surface area contributed by atoms with Crippen LogP contribution in [0.15, 0.2) is 16.6 Å². The minimum Gasteiger partial charge on any atom is -0.510 e. The Morgan fingerprint density at radius 2 is 1.80 bits per heavy atom. The largest absolute Gasteiger partial charge is 0.510 e. The average molecular weight is 217 g/mol. The molecule has 0 unspecified atom stereocenters. The molecule has 0 rings (SSSR count). The molecule has 0 aliphatic heterocycles. The molecule has 0 aromatic carbocycles. The monoisotopic (exact) mass is 217 g/mol. The highest BCUT2D eigenvalue weighted by atomic mass is 16.5. The van der Waals surface area contributed by atoms with Gasteiger partial charge in [0, 0.05) is 6.42 Å². The summed E-state index contributed by atoms with van der Waals surface area (Å²) in [7, 11) is 2.23. The van der Waals surface area contributed by atoms with Gasteiger partial charge in [-0.05, 0) is 5.18 Å². The first-order valence-corrected chi connectivity index (χ1v) is 3.97. The van der Waals surface area contributed by atoms with Crippen molar-refractivity contribution in [3.63, 3.8) is 0 Å². The summed E-state index contributed by atoms with van der Waals surface area (Å²) in [6, 6.07) is 0. The van der Waals surface area contributed by atoms with Crippen molar-refractivity contribution in [1.29, 1.82) is 0 Å². The molecular formula is C8H11NO6. The fraction of sp³-hybridized carbons (Fsp3) is 0.500. The van der Waals surface area contributed by atoms with Crippen LogP contribution in [0.1, 0.15) is 12.8 Å². The van der Waals surface area contributed by atoms with Crippen molar-refractivity contribution in [2.45, 2.75) is 12.8 Å². The Labute approximate surface area is 85.6 Å². The minimum absolute atomic E-state index is 0.154. The van der Waals surface area contributed by atoms with Gasteiger partial charge in [-0.15, -0.1) is 4.91 Å². The van der Waals surface area contributed by atoms with E-state index in [2.05, 4.69) is 14.7 Å². The Morgan fingerprint density at radius 1 is 1.20 bits per heavy atom. The topological polar surface area (TPSA) is 102 Å². The van der Waals surface area contributed by atoms with E-state index >= 15 is 0 Å². The fourth-order valence-corrected chi connectivity index (χ4v) is 0.745. The van der Waals surface area contributed by atoms with Gasteiger partial charge in [0.2, 0.25) is 5.70 Å². The number of hydrogen-bond donors (Lipinski definition) is 1. The molecule has 0 bridgehead atoms. The third kappa shape index (κ3) is 4.21. The van der Waals surface area contributed by atoms with Crippen LogP contribution in [0, 0.1) is 4.91 Å². The molecule has 0 aliphatic rings. The number of aliphatic hydroxyl groups excluding tert-OH is 1. The maximum atomic E-state index is 10.8. The van der Waals surface area contributed by atoms with Crippen molar-refractivity contribution in [2.24, 2.45) is 5.18 Å². The van der Waals surface area contributed by atoms with Crippen LogP contribution in [0.2, 0.25) is 0 Å². The highest BCUT2D eigenvalue weighted by Gasteiger charge is 2.17. The first-order chi connectivity index (χ1) is 7.06. The average Bonchev–Trinajstić information content (AvgIpc) is 2.26. The van der Waals surface area contributed by atoms with Crippen LogP contribution in [0.25, 0.3) is 0 Å². The maximum absolute atomic E-state index is 10.8. The van der Waals surface area contributed by atoms with Gasteiger partial charge in [0.15, 0.2) is 0 Å². The number of allylic oxidation sites excluding steroid dienone is 1. The minimum atomic E-state index is -1.05. The van der Waals surface area contributed by atoms with Gasteiger partial charge < -0.3 is 14.6 Å². The summed E-state index contributed by atoms with van der Waals surface area (Å²) in [6.45, 7) is 0. The second kappa shape index (κ2) is 6.52. The number of ether oxygens (including phenoxy) is 2. The molecule has 84 valence electrons. The molecule has 0 aliphatic carbocycles. The van der Waals surface area contributed by atoms with Crippen molar-refractivity contribution in [2.75, 3.05) is 14.2 Å². The van der Waals surface area contributed by atoms with Gasteiger partial charge >= 0.3 is 11.9 Å². The zero-order valence-electron chi connectivity index (χ0n) is 8.35. The van der Waals surface area contributed by atoms with E-state index in [4.69, 9.17) is 0 Å². The summed E-state index contributed by atoms with van der Waals surface area (Å²) in [4.78, 5) is 31.7. The van der Waals surface area contributed by atoms with Gasteiger partial charge in [-0.25, -0.2) is 4.79 Å². The molecule has 0 saturated heterocycles. The lowest BCUT2D eigenvalue weighted by molar-refractivity contribution is -0.141. The predicted molar refractivity (Wildman–Crippen MR) is 48.7 cm³/mol. The zero-order chi connectivity index (χ0) is 11.8. The predicted octanol–water partition coefficient (Wildman–Crippen LogP) is 0.649. The van der Waals surface area contributed by atoms with Gasteiger partial charge in [-0.3, -0.25) is 4.79 Å². The number of rotatable bonds is 5. The van der Waals surface area contributed by atoms with Crippen molar-refractivity contribution in [1.82, 2.24) is 0 Å². The first-order valence-electron chi connectivity index (χ1n) is 3.97. The first kappa shape index (κ1) is 13.1. The van der Waals surface area contributed by atoms with E-state index in [0.717, 1.165) is 7.11 Å². The van der Waals surface area contributed by atoms with E-state index in [1.165, 1.54) is 7.11 Å². The van der Waals surface area contributed by atoms with Crippen LogP contribution in [-0.4, -0.2) is 31.3 Å². The maximum Gasteiger partial charge on any atom is 0.363 e. The quantitative estimate of drug-likeness (QED) is 0.314. The lowest BCUT2D eigenvalue weighted by Crippen LogP contribution is -2.07. The summed E-state index contributed by atoms with van der Waals surface area (Å²) >= 11 is 0. The molecule has 0 amide bonds. The Kier molecular flexibility index (Phi) is 5.69. The number of nitrogens with zero attached hydrogens (tertiary/aromatic N) is 1. The molecule has 0 aromatic rings. The molecule has 15 heavy (non-hydrogen) atoms. The zero-order valence-corrected chi connectivity index (χ0v) is 8.35. The number of methoxy groups -OCH3 is 2. The number of aliphatic hydroxyl groups is 1. The number of carbonyl (C=O) groups is 2. The summed E-state index contributed by atoms with van der Waals surface area (Å²) in [5, 5.41) is 11.5. The second-order valence-corrected chi connectivity index (χ2v) is 2.45. The highest BCUT2D eigenvalue weighted by Crippen LogP contribution is 2.11. The molecule has 1 N–H and O–H groups in total. The third-order valence-corrected chi connectivity index (χ3v) is 1.54. The van der Waals surface area contributed by atoms with Crippen molar-refractivity contribution >= 4 is 11.9 Å². The molecule has 0 heterocycles. The second-order valence-electron chi connectivity index (χ2n) is 2.45. The van der Waals surface area contributed by atoms with Gasteiger partial charge in [-0.2, -0.15) is 0 Å². The van der Waals surface area contributed by atoms with Crippen LogP contribution in [0.3, 0.4) is 0 Å². The Balaban J connectivity index is 4.53. The fourth-order valence-electron chi connectivity index (χ4n) is 0.745. The van der Waals surface area contributed by atoms with E-state index in [1.807, 2.05) is 0 Å². The van der Waals surface area contributed by atoms with E-state index in [1.54, 1.807) is 0 Å². The molecule has 0 saturated carbocycles. The summed E-state index contributed by atoms with van der Waals surface area (Å²) in [6.07, 6.45) is -0.360. The smallest absolute Gasteiger partial charge is 0.363 e. The van der Waals surface area contributed by atoms with Crippen molar-refractivity contribution in [3.05, 3.63) is 16.4 Å². The summed E-state index contributed by atoms with van der Waals surface area (Å²) < 4.78 is 8.49. The standard InChI is InChI=1S/C8H11NO6/c1-14-6(11)4-3-5(10)7(9-13)8(12)15-2/h10H,3-4H2,1-2H3. The van der Waals surface area contributed by atoms with Crippen LogP contribution >= 0.6 is 0 Å². The van der Waals surface area contributed by atoms with Crippen LogP contribution in [0.4, 0.5) is 0 Å². The van der Waals surface area contributed by atoms with Crippen LogP contribution in [-0.2, 0) is 19.1 Å². The van der Waals surface area contributed by atoms with E-state index in [-0.39, 0.29) is 12.8 Å². The van der Waals surface area contributed by atoms with Gasteiger partial charge in [0.1, 0.15) is 5.76 Å². The van der Waals surface area contributed by atoms with E-state index < -0.39 is 23.4 Å². The van der Waals surface area contributed by atoms with E-state index in [9.17, 15) is 19.6 Å². The Morgan fingerprint density at radius 3 is 2.20 bits per heavy atom. The Bertz CT molecular complexity index is 296. The van der Waals surface area contributed by atoms with Crippen molar-refractivity contribution < 1.29 is 24.2 Å². The summed E-state index contributed by atoms with van der Waals surface area (Å²) in [5.74, 6) is -2.22. The number of carbonyl (C=O) groups excluding carboxylic acids is 2. The van der Waals surface area contributed by atoms with Crippen LogP contribution in [0.5, 0.6) is 0 Å². The Hall–Kier alpha value is -1.92. The SMILES string of the molecule is COC(=O)CCC(O)=C(N=O)C(=O)OC. The molecule has 0 radical (unpaired) electrons. The molecule has 0 atom stereocenters. The van der Waals surface area contributed by atoms with Gasteiger partial charge in [0.05, 0.1) is 20.6 Å². The third-order valence-electron chi connectivity index (χ3n) is 1.54. The van der Waals surface area contributed by atoms with Gasteiger partial charge in [0.25, 0.3) is 0 Å². The molecule has 7 nitrogen and oxygen atoms in total. The lowest BCUT2D eigenvalue weighted by Gasteiger charge is -2.01. The highest BCUT2D eigenvalue weighted by molar-refractivity contribution is 5.88. The van der Waals surface area contributed by atoms with E-state index in [0.29, 0.717) is 0 Å². The molecule has 7 heteroatoms.